The van der Waals surface area contributed by atoms with Crippen molar-refractivity contribution in [1.29, 1.82) is 0 Å². The molecular formula is C25H26N4O5. The summed E-state index contributed by atoms with van der Waals surface area (Å²) in [5, 5.41) is 22.0. The van der Waals surface area contributed by atoms with Crippen molar-refractivity contribution in [2.75, 3.05) is 13.1 Å². The molecule has 0 unspecified atom stereocenters. The first-order valence-electron chi connectivity index (χ1n) is 10.9. The van der Waals surface area contributed by atoms with E-state index in [4.69, 9.17) is 5.21 Å². The van der Waals surface area contributed by atoms with Crippen molar-refractivity contribution in [2.45, 2.75) is 26.3 Å². The van der Waals surface area contributed by atoms with Crippen LogP contribution in [-0.4, -0.2) is 57.2 Å². The van der Waals surface area contributed by atoms with Gasteiger partial charge in [-0.2, -0.15) is 0 Å². The van der Waals surface area contributed by atoms with Crippen molar-refractivity contribution < 1.29 is 24.7 Å². The van der Waals surface area contributed by atoms with Crippen LogP contribution in [0.25, 0.3) is 10.9 Å². The Morgan fingerprint density at radius 3 is 2.44 bits per heavy atom. The molecule has 0 radical (unpaired) electrons. The van der Waals surface area contributed by atoms with Crippen molar-refractivity contribution in [3.05, 3.63) is 76.5 Å². The van der Waals surface area contributed by atoms with E-state index in [1.54, 1.807) is 17.6 Å². The van der Waals surface area contributed by atoms with Gasteiger partial charge in [0.25, 0.3) is 5.91 Å². The molecule has 2 atom stereocenters. The lowest BCUT2D eigenvalue weighted by Gasteiger charge is -2.18. The molecule has 0 saturated carbocycles. The first-order chi connectivity index (χ1) is 16.3. The summed E-state index contributed by atoms with van der Waals surface area (Å²) in [6, 6.07) is 14.5. The molecule has 1 aliphatic heterocycles. The van der Waals surface area contributed by atoms with E-state index in [-0.39, 0.29) is 13.1 Å². The van der Waals surface area contributed by atoms with Gasteiger partial charge in [0.1, 0.15) is 0 Å². The first-order valence-corrected chi connectivity index (χ1v) is 10.9. The number of aryl methyl sites for hydroxylation is 1. The third-order valence-electron chi connectivity index (χ3n) is 6.46. The second kappa shape index (κ2) is 9.48. The van der Waals surface area contributed by atoms with E-state index in [0.717, 1.165) is 32.6 Å². The zero-order valence-electron chi connectivity index (χ0n) is 18.9. The fourth-order valence-electron chi connectivity index (χ4n) is 4.42. The summed E-state index contributed by atoms with van der Waals surface area (Å²) in [5.41, 5.74) is 7.24. The molecule has 9 nitrogen and oxygen atoms in total. The third kappa shape index (κ3) is 4.55. The van der Waals surface area contributed by atoms with Crippen LogP contribution < -0.4 is 10.8 Å². The summed E-state index contributed by atoms with van der Waals surface area (Å²) in [4.78, 5) is 41.7. The molecule has 0 aliphatic carbocycles. The summed E-state index contributed by atoms with van der Waals surface area (Å²) in [7, 11) is 0. The number of pyridine rings is 1. The van der Waals surface area contributed by atoms with Crippen LogP contribution in [0.15, 0.2) is 48.5 Å². The number of aromatic nitrogens is 1. The first kappa shape index (κ1) is 23.2. The number of hydrogen-bond donors (Lipinski definition) is 4. The summed E-state index contributed by atoms with van der Waals surface area (Å²) in [6.07, 6.45) is -0.502. The fraction of sp³-hybridized carbons (Fsp3) is 0.280. The number of likely N-dealkylation sites (tertiary alicyclic amines) is 1. The number of carbonyl (C=O) groups excluding carboxylic acids is 2. The highest BCUT2D eigenvalue weighted by molar-refractivity contribution is 5.95. The van der Waals surface area contributed by atoms with Gasteiger partial charge in [-0.25, -0.2) is 10.3 Å². The van der Waals surface area contributed by atoms with Crippen LogP contribution in [0, 0.1) is 19.8 Å². The molecule has 0 bridgehead atoms. The van der Waals surface area contributed by atoms with Gasteiger partial charge in [-0.05, 0) is 55.2 Å². The second-order valence-electron chi connectivity index (χ2n) is 8.54. The Balaban J connectivity index is 1.51. The smallest absolute Gasteiger partial charge is 0.407 e. The Morgan fingerprint density at radius 2 is 1.76 bits per heavy atom. The van der Waals surface area contributed by atoms with E-state index < -0.39 is 29.9 Å². The van der Waals surface area contributed by atoms with E-state index in [2.05, 4.69) is 23.3 Å². The lowest BCUT2D eigenvalue weighted by Crippen LogP contribution is -2.45. The molecule has 34 heavy (non-hydrogen) atoms. The average Bonchev–Trinajstić information content (AvgIpc) is 3.26. The van der Waals surface area contributed by atoms with Gasteiger partial charge >= 0.3 is 6.09 Å². The molecule has 1 fully saturated rings. The van der Waals surface area contributed by atoms with Gasteiger partial charge in [-0.3, -0.25) is 19.8 Å². The number of nitrogens with one attached hydrogen (secondary N) is 2. The largest absolute Gasteiger partial charge is 0.465 e. The average molecular weight is 463 g/mol. The van der Waals surface area contributed by atoms with Crippen LogP contribution >= 0.6 is 0 Å². The maximum Gasteiger partial charge on any atom is 0.407 e. The van der Waals surface area contributed by atoms with Crippen LogP contribution in [0.4, 0.5) is 4.79 Å². The van der Waals surface area contributed by atoms with Crippen molar-refractivity contribution in [1.82, 2.24) is 20.7 Å². The molecule has 2 aromatic carbocycles. The van der Waals surface area contributed by atoms with Crippen LogP contribution in [0.2, 0.25) is 0 Å². The monoisotopic (exact) mass is 462 g/mol. The molecule has 176 valence electrons. The summed E-state index contributed by atoms with van der Waals surface area (Å²) >= 11 is 0. The molecule has 4 N–H and O–H groups in total. The number of fused-ring (bicyclic) bond motifs is 1. The zero-order valence-corrected chi connectivity index (χ0v) is 18.9. The van der Waals surface area contributed by atoms with Gasteiger partial charge in [-0.15, -0.1) is 0 Å². The van der Waals surface area contributed by atoms with Gasteiger partial charge in [0.15, 0.2) is 0 Å². The summed E-state index contributed by atoms with van der Waals surface area (Å²) in [5.74, 6) is -2.03. The highest BCUT2D eigenvalue weighted by atomic mass is 16.5. The number of carboxylic acid groups (broad SMARTS) is 1. The second-order valence-corrected chi connectivity index (χ2v) is 8.54. The molecule has 1 saturated heterocycles. The normalized spacial score (nSPS) is 17.6. The predicted molar refractivity (Wildman–Crippen MR) is 125 cm³/mol. The molecule has 1 aromatic heterocycles. The van der Waals surface area contributed by atoms with E-state index in [1.165, 1.54) is 5.56 Å². The van der Waals surface area contributed by atoms with Crippen molar-refractivity contribution in [2.24, 2.45) is 5.92 Å². The number of hydrogen-bond acceptors (Lipinski definition) is 5. The zero-order chi connectivity index (χ0) is 24.4. The summed E-state index contributed by atoms with van der Waals surface area (Å²) in [6.45, 7) is 3.92. The molecule has 0 spiro atoms. The quantitative estimate of drug-likeness (QED) is 0.341. The Labute approximate surface area is 196 Å². The van der Waals surface area contributed by atoms with Crippen LogP contribution in [0.3, 0.4) is 0 Å². The Bertz CT molecular complexity index is 1260. The lowest BCUT2D eigenvalue weighted by molar-refractivity contribution is -0.133. The van der Waals surface area contributed by atoms with Gasteiger partial charge in [0.05, 0.1) is 17.5 Å². The fourth-order valence-corrected chi connectivity index (χ4v) is 4.42. The number of hydroxylamine groups is 1. The minimum absolute atomic E-state index is 0.0367. The standard InChI is InChI=1S/C25H26N4O5/c1-14-15(2)26-21-6-4-3-5-18(21)19(14)11-16-7-9-17(10-8-16)23(30)27-22-13-29(25(32)33)12-20(22)24(31)28-34/h3-10,20,22,34H,11-13H2,1-2H3,(H,27,30)(H,28,31)(H,32,33)/t20-,22+/m0/s1. The van der Waals surface area contributed by atoms with Crippen molar-refractivity contribution >= 4 is 28.8 Å². The molecule has 2 heterocycles. The van der Waals surface area contributed by atoms with Gasteiger partial charge in [0.2, 0.25) is 5.91 Å². The summed E-state index contributed by atoms with van der Waals surface area (Å²) < 4.78 is 0. The Hall–Kier alpha value is -3.98. The van der Waals surface area contributed by atoms with E-state index in [0.29, 0.717) is 12.0 Å². The topological polar surface area (TPSA) is 132 Å². The molecule has 1 aliphatic rings. The predicted octanol–water partition coefficient (Wildman–Crippen LogP) is 2.66. The SMILES string of the molecule is Cc1nc2ccccc2c(Cc2ccc(C(=O)N[C@@H]3CN(C(=O)O)C[C@@H]3C(=O)NO)cc2)c1C. The highest BCUT2D eigenvalue weighted by Gasteiger charge is 2.40. The Morgan fingerprint density at radius 1 is 1.06 bits per heavy atom. The molecule has 3 aromatic rings. The molecule has 9 heteroatoms. The number of carbonyl (C=O) groups is 3. The number of amides is 3. The van der Waals surface area contributed by atoms with Crippen LogP contribution in [0.5, 0.6) is 0 Å². The maximum absolute atomic E-state index is 12.8. The minimum Gasteiger partial charge on any atom is -0.465 e. The molecule has 3 amide bonds. The number of para-hydroxylation sites is 1. The van der Waals surface area contributed by atoms with Crippen molar-refractivity contribution in [3.63, 3.8) is 0 Å². The van der Waals surface area contributed by atoms with Crippen LogP contribution in [0.1, 0.15) is 32.7 Å². The van der Waals surface area contributed by atoms with E-state index in [1.807, 2.05) is 37.3 Å². The minimum atomic E-state index is -1.19. The van der Waals surface area contributed by atoms with Crippen LogP contribution in [-0.2, 0) is 11.2 Å². The van der Waals surface area contributed by atoms with E-state index in [9.17, 15) is 19.5 Å². The van der Waals surface area contributed by atoms with Gasteiger partial charge in [0, 0.05) is 29.7 Å². The molecular weight excluding hydrogens is 436 g/mol. The van der Waals surface area contributed by atoms with Gasteiger partial charge in [-0.1, -0.05) is 30.3 Å². The third-order valence-corrected chi connectivity index (χ3v) is 6.46. The Kier molecular flexibility index (Phi) is 6.47. The number of benzene rings is 2. The highest BCUT2D eigenvalue weighted by Crippen LogP contribution is 2.25. The van der Waals surface area contributed by atoms with E-state index >= 15 is 0 Å². The van der Waals surface area contributed by atoms with Crippen molar-refractivity contribution in [3.8, 4) is 0 Å². The number of nitrogens with zero attached hydrogens (tertiary/aromatic N) is 2. The lowest BCUT2D eigenvalue weighted by atomic mass is 9.95. The van der Waals surface area contributed by atoms with Gasteiger partial charge < -0.3 is 15.3 Å². The molecule has 4 rings (SSSR count). The number of rotatable bonds is 5. The maximum atomic E-state index is 12.8.